The van der Waals surface area contributed by atoms with E-state index < -0.39 is 0 Å². The van der Waals surface area contributed by atoms with E-state index in [-0.39, 0.29) is 0 Å². The first-order chi connectivity index (χ1) is 11.3. The zero-order valence-corrected chi connectivity index (χ0v) is 14.9. The lowest BCUT2D eigenvalue weighted by Gasteiger charge is -2.06. The quantitative estimate of drug-likeness (QED) is 0.373. The van der Waals surface area contributed by atoms with Crippen LogP contribution in [0.15, 0.2) is 59.8 Å². The lowest BCUT2D eigenvalue weighted by molar-refractivity contribution is 0.362. The highest BCUT2D eigenvalue weighted by molar-refractivity contribution is 14.1. The Hall–Kier alpha value is -1.86. The van der Waals surface area contributed by atoms with Crippen molar-refractivity contribution in [3.63, 3.8) is 0 Å². The normalized spacial score (nSPS) is 14.1. The van der Waals surface area contributed by atoms with E-state index in [1.54, 1.807) is 23.0 Å². The van der Waals surface area contributed by atoms with Crippen LogP contribution in [0.3, 0.4) is 0 Å². The molecule has 0 aliphatic heterocycles. The topological polar surface area (TPSA) is 42.8 Å². The fourth-order valence-corrected chi connectivity index (χ4v) is 2.86. The molecule has 1 aliphatic rings. The van der Waals surface area contributed by atoms with Gasteiger partial charge < -0.3 is 13.2 Å². The number of oxime groups is 1. The summed E-state index contributed by atoms with van der Waals surface area (Å²) in [6, 6.07) is 14.3. The number of nitrogens with one attached hydrogen (secondary N) is 1. The first-order valence-corrected chi connectivity index (χ1v) is 8.25. The second kappa shape index (κ2) is 7.61. The molecule has 0 radical (unpaired) electrons. The molecule has 0 saturated heterocycles. The zero-order chi connectivity index (χ0) is 16.1. The van der Waals surface area contributed by atoms with Crippen LogP contribution in [0.5, 0.6) is 5.75 Å². The minimum Gasteiger partial charge on any atom is -0.490 e. The molecule has 0 atom stereocenters. The van der Waals surface area contributed by atoms with Gasteiger partial charge in [0.1, 0.15) is 18.1 Å². The summed E-state index contributed by atoms with van der Waals surface area (Å²) >= 11 is 1.78. The van der Waals surface area contributed by atoms with Crippen LogP contribution >= 0.6 is 23.0 Å². The van der Waals surface area contributed by atoms with Crippen molar-refractivity contribution in [2.45, 2.75) is 0 Å². The smallest absolute Gasteiger partial charge is 0.230 e. The minimum absolute atomic E-state index is 0.544. The summed E-state index contributed by atoms with van der Waals surface area (Å²) in [7, 11) is 1.92. The molecular weight excluding hydrogens is 403 g/mol. The molecule has 23 heavy (non-hydrogen) atoms. The number of likely N-dealkylation sites (N-methyl/N-ethyl adjacent to an activating group) is 1. The molecule has 0 fully saturated rings. The van der Waals surface area contributed by atoms with Gasteiger partial charge in [0, 0.05) is 17.7 Å². The van der Waals surface area contributed by atoms with Crippen LogP contribution in [0.2, 0.25) is 0 Å². The minimum atomic E-state index is 0.544. The summed E-state index contributed by atoms with van der Waals surface area (Å²) in [6.07, 6.45) is 4.04. The highest BCUT2D eigenvalue weighted by Crippen LogP contribution is 2.38. The van der Waals surface area contributed by atoms with Crippen molar-refractivity contribution in [3.05, 3.63) is 65.7 Å². The molecule has 0 unspecified atom stereocenters. The Balaban J connectivity index is 1.87. The van der Waals surface area contributed by atoms with Gasteiger partial charge in [0.15, 0.2) is 0 Å². The molecule has 2 aromatic carbocycles. The van der Waals surface area contributed by atoms with Crippen molar-refractivity contribution in [2.75, 3.05) is 20.2 Å². The molecule has 0 aromatic heterocycles. The Bertz CT molecular complexity index is 756. The average molecular weight is 420 g/mol. The number of hydrogen-bond donors (Lipinski definition) is 1. The van der Waals surface area contributed by atoms with Crippen LogP contribution in [-0.4, -0.2) is 25.9 Å². The summed E-state index contributed by atoms with van der Waals surface area (Å²) in [6.45, 7) is 1.38. The van der Waals surface area contributed by atoms with Crippen LogP contribution in [0.4, 0.5) is 0 Å². The average Bonchev–Trinajstić information content (AvgIpc) is 2.89. The molecule has 118 valence electrons. The van der Waals surface area contributed by atoms with Gasteiger partial charge in [-0.05, 0) is 36.4 Å². The molecule has 0 heterocycles. The number of hydrogen-bond acceptors (Lipinski definition) is 4. The predicted octanol–water partition coefficient (Wildman–Crippen LogP) is 3.94. The summed E-state index contributed by atoms with van der Waals surface area (Å²) in [5.41, 5.74) is 5.31. The van der Waals surface area contributed by atoms with Crippen molar-refractivity contribution in [1.29, 1.82) is 0 Å². The largest absolute Gasteiger partial charge is 0.490 e. The van der Waals surface area contributed by atoms with Crippen molar-refractivity contribution >= 4 is 28.7 Å². The van der Waals surface area contributed by atoms with E-state index in [1.807, 2.05) is 43.5 Å². The molecular formula is C18H17IN2O2. The predicted molar refractivity (Wildman–Crippen MR) is 101 cm³/mol. The Morgan fingerprint density at radius 2 is 1.83 bits per heavy atom. The monoisotopic (exact) mass is 420 g/mol. The van der Waals surface area contributed by atoms with Crippen molar-refractivity contribution in [3.8, 4) is 16.9 Å². The Morgan fingerprint density at radius 3 is 2.61 bits per heavy atom. The summed E-state index contributed by atoms with van der Waals surface area (Å²) in [5.74, 6) is 0.826. The van der Waals surface area contributed by atoms with E-state index in [9.17, 15) is 0 Å². The third-order valence-corrected chi connectivity index (χ3v) is 3.88. The molecule has 0 amide bonds. The first-order valence-electron chi connectivity index (χ1n) is 7.37. The second-order valence-corrected chi connectivity index (χ2v) is 5.50. The van der Waals surface area contributed by atoms with E-state index in [2.05, 4.69) is 28.7 Å². The molecule has 3 rings (SSSR count). The van der Waals surface area contributed by atoms with Gasteiger partial charge in [-0.25, -0.2) is 0 Å². The highest BCUT2D eigenvalue weighted by atomic mass is 127. The van der Waals surface area contributed by atoms with Gasteiger partial charge >= 0.3 is 0 Å². The molecule has 0 bridgehead atoms. The lowest BCUT2D eigenvalue weighted by atomic mass is 10.1. The fraction of sp³-hybridized carbons (Fsp3) is 0.167. The van der Waals surface area contributed by atoms with Gasteiger partial charge in [0.25, 0.3) is 0 Å². The molecule has 0 saturated carbocycles. The Kier molecular flexibility index (Phi) is 5.30. The zero-order valence-electron chi connectivity index (χ0n) is 12.8. The highest BCUT2D eigenvalue weighted by Gasteiger charge is 2.25. The Morgan fingerprint density at radius 1 is 1.04 bits per heavy atom. The lowest BCUT2D eigenvalue weighted by Crippen LogP contribution is -2.05. The molecule has 1 aliphatic carbocycles. The molecule has 1 N–H and O–H groups in total. The van der Waals surface area contributed by atoms with Gasteiger partial charge in [0.05, 0.1) is 0 Å². The maximum Gasteiger partial charge on any atom is 0.230 e. The number of rotatable bonds is 6. The van der Waals surface area contributed by atoms with Gasteiger partial charge in [-0.2, -0.15) is 0 Å². The summed E-state index contributed by atoms with van der Waals surface area (Å²) < 4.78 is 10.8. The summed E-state index contributed by atoms with van der Waals surface area (Å²) in [5, 5.41) is 7.25. The number of fused-ring (bicyclic) bond motifs is 3. The summed E-state index contributed by atoms with van der Waals surface area (Å²) in [4.78, 5) is 0. The van der Waals surface area contributed by atoms with Crippen molar-refractivity contribution in [1.82, 2.24) is 5.32 Å². The maximum absolute atomic E-state index is 5.79. The van der Waals surface area contributed by atoms with E-state index in [1.165, 1.54) is 5.56 Å². The van der Waals surface area contributed by atoms with Crippen LogP contribution in [0.1, 0.15) is 11.1 Å². The van der Waals surface area contributed by atoms with E-state index in [0.717, 1.165) is 34.7 Å². The maximum atomic E-state index is 5.79. The number of halogens is 1. The Labute approximate surface area is 149 Å². The molecule has 5 heteroatoms. The SMILES string of the molecule is CNC/C=C/COc1ccc2c(c1)/C(=N/OI)c1ccccc1-2. The van der Waals surface area contributed by atoms with Crippen molar-refractivity contribution < 1.29 is 7.90 Å². The number of benzene rings is 2. The van der Waals surface area contributed by atoms with Gasteiger partial charge in [0.2, 0.25) is 23.0 Å². The van der Waals surface area contributed by atoms with Crippen LogP contribution in [0, 0.1) is 0 Å². The van der Waals surface area contributed by atoms with E-state index in [4.69, 9.17) is 7.90 Å². The second-order valence-electron chi connectivity index (χ2n) is 5.10. The first kappa shape index (κ1) is 16.0. The van der Waals surface area contributed by atoms with Crippen molar-refractivity contribution in [2.24, 2.45) is 5.16 Å². The number of ether oxygens (including phenoxy) is 1. The van der Waals surface area contributed by atoms with Crippen LogP contribution < -0.4 is 10.1 Å². The van der Waals surface area contributed by atoms with Crippen LogP contribution in [0.25, 0.3) is 11.1 Å². The van der Waals surface area contributed by atoms with Crippen LogP contribution in [-0.2, 0) is 3.17 Å². The third-order valence-electron chi connectivity index (χ3n) is 3.68. The third kappa shape index (κ3) is 3.40. The standard InChI is InChI=1S/C18H17IN2O2/c1-20-10-4-5-11-22-13-8-9-15-14-6-2-3-7-16(14)18(21-23-19)17(15)12-13/h2-9,12,20H,10-11H2,1H3/b5-4+,21-18+. The number of nitrogens with zero attached hydrogens (tertiary/aromatic N) is 1. The van der Waals surface area contributed by atoms with E-state index >= 15 is 0 Å². The van der Waals surface area contributed by atoms with Gasteiger partial charge in [-0.3, -0.25) is 0 Å². The van der Waals surface area contributed by atoms with Gasteiger partial charge in [-0.1, -0.05) is 41.6 Å². The molecule has 0 spiro atoms. The molecule has 4 nitrogen and oxygen atoms in total. The fourth-order valence-electron chi connectivity index (χ4n) is 2.66. The van der Waals surface area contributed by atoms with E-state index in [0.29, 0.717) is 6.61 Å². The molecule has 2 aromatic rings. The van der Waals surface area contributed by atoms with Gasteiger partial charge in [-0.15, -0.1) is 0 Å².